The number of carbonyl (C=O) groups excluding carboxylic acids is 2. The maximum absolute atomic E-state index is 12.5. The Bertz CT molecular complexity index is 596. The van der Waals surface area contributed by atoms with E-state index in [0.29, 0.717) is 32.1 Å². The van der Waals surface area contributed by atoms with E-state index in [2.05, 4.69) is 17.2 Å². The summed E-state index contributed by atoms with van der Waals surface area (Å²) in [6, 6.07) is 0.398. The molecule has 2 heterocycles. The number of imidazole rings is 1. The lowest BCUT2D eigenvalue weighted by molar-refractivity contribution is -0.128. The highest BCUT2D eigenvalue weighted by molar-refractivity contribution is 5.79. The van der Waals surface area contributed by atoms with Crippen molar-refractivity contribution in [2.75, 3.05) is 19.6 Å². The van der Waals surface area contributed by atoms with Gasteiger partial charge in [0.05, 0.1) is 6.54 Å². The Hall–Kier alpha value is -2.05. The van der Waals surface area contributed by atoms with Gasteiger partial charge in [-0.15, -0.1) is 0 Å². The minimum absolute atomic E-state index is 0.0721. The van der Waals surface area contributed by atoms with E-state index in [0.717, 1.165) is 31.6 Å². The average Bonchev–Trinajstić information content (AvgIpc) is 3.22. The Balaban J connectivity index is 1.50. The molecular formula is C17H27N5O2. The van der Waals surface area contributed by atoms with E-state index in [1.165, 1.54) is 0 Å². The van der Waals surface area contributed by atoms with Gasteiger partial charge in [-0.1, -0.05) is 6.92 Å². The molecule has 0 bridgehead atoms. The smallest absolute Gasteiger partial charge is 0.317 e. The number of carbonyl (C=O) groups is 2. The fraction of sp³-hybridized carbons (Fsp3) is 0.706. The number of likely N-dealkylation sites (tertiary alicyclic amines) is 1. The monoisotopic (exact) mass is 333 g/mol. The normalized spacial score (nSPS) is 20.5. The van der Waals surface area contributed by atoms with Crippen molar-refractivity contribution in [1.29, 1.82) is 0 Å². The van der Waals surface area contributed by atoms with Crippen LogP contribution in [0.4, 0.5) is 4.79 Å². The molecule has 1 aliphatic heterocycles. The van der Waals surface area contributed by atoms with Gasteiger partial charge in [0, 0.05) is 57.5 Å². The second-order valence-corrected chi connectivity index (χ2v) is 6.91. The Morgan fingerprint density at radius 3 is 2.88 bits per heavy atom. The molecule has 132 valence electrons. The molecule has 1 saturated carbocycles. The molecule has 0 spiro atoms. The van der Waals surface area contributed by atoms with E-state index in [9.17, 15) is 9.59 Å². The predicted molar refractivity (Wildman–Crippen MR) is 90.1 cm³/mol. The number of amides is 3. The molecule has 7 heteroatoms. The summed E-state index contributed by atoms with van der Waals surface area (Å²) in [7, 11) is 1.93. The van der Waals surface area contributed by atoms with Gasteiger partial charge in [-0.05, 0) is 19.3 Å². The summed E-state index contributed by atoms with van der Waals surface area (Å²) in [5.41, 5.74) is 0. The molecule has 1 saturated heterocycles. The number of nitrogens with one attached hydrogen (secondary N) is 1. The number of urea groups is 1. The summed E-state index contributed by atoms with van der Waals surface area (Å²) in [5, 5.41) is 3.01. The van der Waals surface area contributed by atoms with Gasteiger partial charge in [-0.2, -0.15) is 0 Å². The van der Waals surface area contributed by atoms with E-state index in [1.54, 1.807) is 11.1 Å². The Morgan fingerprint density at radius 2 is 2.25 bits per heavy atom. The number of aromatic nitrogens is 2. The Labute approximate surface area is 143 Å². The molecule has 24 heavy (non-hydrogen) atoms. The minimum Gasteiger partial charge on any atom is -0.339 e. The van der Waals surface area contributed by atoms with Gasteiger partial charge in [0.25, 0.3) is 0 Å². The lowest BCUT2D eigenvalue weighted by Crippen LogP contribution is -2.42. The van der Waals surface area contributed by atoms with E-state index in [-0.39, 0.29) is 17.9 Å². The topological polar surface area (TPSA) is 70.5 Å². The molecule has 1 aromatic heterocycles. The summed E-state index contributed by atoms with van der Waals surface area (Å²) in [6.07, 6.45) is 7.36. The highest BCUT2D eigenvalue weighted by atomic mass is 16.2. The standard InChI is InChI=1S/C17H27N5O2/c1-3-7-21(12-15-18-6-8-20(15)2)17(24)19-10-13-9-16(23)22(11-13)14-4-5-14/h6,8,13-14H,3-5,7,9-12H2,1-2H3,(H,19,24). The third kappa shape index (κ3) is 3.88. The largest absolute Gasteiger partial charge is 0.339 e. The fourth-order valence-corrected chi connectivity index (χ4v) is 3.27. The summed E-state index contributed by atoms with van der Waals surface area (Å²) < 4.78 is 1.93. The molecule has 1 N–H and O–H groups in total. The zero-order valence-corrected chi connectivity index (χ0v) is 14.6. The molecule has 3 rings (SSSR count). The third-order valence-corrected chi connectivity index (χ3v) is 4.80. The highest BCUT2D eigenvalue weighted by Gasteiger charge is 2.39. The lowest BCUT2D eigenvalue weighted by Gasteiger charge is -2.23. The van der Waals surface area contributed by atoms with E-state index in [1.807, 2.05) is 22.7 Å². The van der Waals surface area contributed by atoms with Gasteiger partial charge < -0.3 is 19.7 Å². The van der Waals surface area contributed by atoms with Gasteiger partial charge in [0.1, 0.15) is 5.82 Å². The molecule has 2 fully saturated rings. The number of nitrogens with zero attached hydrogens (tertiary/aromatic N) is 4. The minimum atomic E-state index is -0.0721. The molecule has 1 aromatic rings. The van der Waals surface area contributed by atoms with Crippen molar-refractivity contribution in [3.8, 4) is 0 Å². The van der Waals surface area contributed by atoms with Crippen molar-refractivity contribution >= 4 is 11.9 Å². The molecule has 0 aromatic carbocycles. The van der Waals surface area contributed by atoms with Crippen LogP contribution in [0.15, 0.2) is 12.4 Å². The van der Waals surface area contributed by atoms with Crippen LogP contribution < -0.4 is 5.32 Å². The Kier molecular flexibility index (Phi) is 5.06. The first-order chi connectivity index (χ1) is 11.6. The van der Waals surface area contributed by atoms with Crippen LogP contribution in [0.25, 0.3) is 0 Å². The van der Waals surface area contributed by atoms with Crippen molar-refractivity contribution in [1.82, 2.24) is 24.7 Å². The molecule has 2 aliphatic rings. The van der Waals surface area contributed by atoms with Crippen molar-refractivity contribution in [2.45, 2.75) is 45.2 Å². The summed E-state index contributed by atoms with van der Waals surface area (Å²) >= 11 is 0. The number of aryl methyl sites for hydroxylation is 1. The van der Waals surface area contributed by atoms with Crippen LogP contribution in [0.1, 0.15) is 38.4 Å². The highest BCUT2D eigenvalue weighted by Crippen LogP contribution is 2.32. The van der Waals surface area contributed by atoms with Gasteiger partial charge in [-0.25, -0.2) is 9.78 Å². The second-order valence-electron chi connectivity index (χ2n) is 6.91. The van der Waals surface area contributed by atoms with E-state index < -0.39 is 0 Å². The SMILES string of the molecule is CCCN(Cc1nccn1C)C(=O)NCC1CC(=O)N(C2CC2)C1. The number of hydrogen-bond acceptors (Lipinski definition) is 3. The molecule has 7 nitrogen and oxygen atoms in total. The van der Waals surface area contributed by atoms with Crippen molar-refractivity contribution in [2.24, 2.45) is 13.0 Å². The fourth-order valence-electron chi connectivity index (χ4n) is 3.27. The zero-order chi connectivity index (χ0) is 17.1. The van der Waals surface area contributed by atoms with Crippen molar-refractivity contribution in [3.05, 3.63) is 18.2 Å². The maximum Gasteiger partial charge on any atom is 0.317 e. The summed E-state index contributed by atoms with van der Waals surface area (Å²) in [6.45, 7) is 4.60. The van der Waals surface area contributed by atoms with Crippen LogP contribution in [0.3, 0.4) is 0 Å². The zero-order valence-electron chi connectivity index (χ0n) is 14.6. The quantitative estimate of drug-likeness (QED) is 0.819. The van der Waals surface area contributed by atoms with Gasteiger partial charge in [0.15, 0.2) is 0 Å². The first-order valence-electron chi connectivity index (χ1n) is 8.87. The summed E-state index contributed by atoms with van der Waals surface area (Å²) in [4.78, 5) is 32.6. The number of rotatable bonds is 7. The van der Waals surface area contributed by atoms with Crippen molar-refractivity contribution in [3.63, 3.8) is 0 Å². The predicted octanol–water partition coefficient (Wildman–Crippen LogP) is 1.35. The third-order valence-electron chi connectivity index (χ3n) is 4.80. The van der Waals surface area contributed by atoms with Gasteiger partial charge >= 0.3 is 6.03 Å². The Morgan fingerprint density at radius 1 is 1.46 bits per heavy atom. The molecule has 1 aliphatic carbocycles. The first kappa shape index (κ1) is 16.8. The molecule has 1 unspecified atom stereocenters. The number of hydrogen-bond donors (Lipinski definition) is 1. The van der Waals surface area contributed by atoms with Crippen LogP contribution >= 0.6 is 0 Å². The van der Waals surface area contributed by atoms with Gasteiger partial charge in [0.2, 0.25) is 5.91 Å². The van der Waals surface area contributed by atoms with Crippen molar-refractivity contribution < 1.29 is 9.59 Å². The maximum atomic E-state index is 12.5. The first-order valence-corrected chi connectivity index (χ1v) is 8.87. The van der Waals surface area contributed by atoms with Crippen LogP contribution in [-0.2, 0) is 18.4 Å². The van der Waals surface area contributed by atoms with Gasteiger partial charge in [-0.3, -0.25) is 4.79 Å². The molecule has 1 atom stereocenters. The summed E-state index contributed by atoms with van der Waals surface area (Å²) in [5.74, 6) is 1.35. The van der Waals surface area contributed by atoms with Crippen LogP contribution in [0.2, 0.25) is 0 Å². The van der Waals surface area contributed by atoms with E-state index in [4.69, 9.17) is 0 Å². The molecular weight excluding hydrogens is 306 g/mol. The van der Waals surface area contributed by atoms with Crippen LogP contribution in [0, 0.1) is 5.92 Å². The second kappa shape index (κ2) is 7.23. The van der Waals surface area contributed by atoms with Crippen LogP contribution in [0.5, 0.6) is 0 Å². The molecule has 0 radical (unpaired) electrons. The lowest BCUT2D eigenvalue weighted by atomic mass is 10.1. The van der Waals surface area contributed by atoms with Crippen LogP contribution in [-0.4, -0.2) is 57.0 Å². The average molecular weight is 333 g/mol. The van der Waals surface area contributed by atoms with E-state index >= 15 is 0 Å². The molecule has 3 amide bonds.